The van der Waals surface area contributed by atoms with Crippen LogP contribution < -0.4 is 16.0 Å². The number of anilines is 2. The van der Waals surface area contributed by atoms with Gasteiger partial charge < -0.3 is 16.0 Å². The number of amides is 3. The van der Waals surface area contributed by atoms with Crippen molar-refractivity contribution in [1.29, 1.82) is 0 Å². The van der Waals surface area contributed by atoms with Crippen molar-refractivity contribution in [3.8, 4) is 11.3 Å². The predicted octanol–water partition coefficient (Wildman–Crippen LogP) is 8.83. The number of nitrogens with zero attached hydrogens (tertiary/aromatic N) is 1. The number of hydrogen-bond acceptors (Lipinski definition) is 6. The van der Waals surface area contributed by atoms with Crippen molar-refractivity contribution in [2.45, 2.75) is 30.4 Å². The fourth-order valence-electron chi connectivity index (χ4n) is 4.44. The molecule has 0 bridgehead atoms. The normalized spacial score (nSPS) is 11.9. The topological polar surface area (TPSA) is 100 Å². The lowest BCUT2D eigenvalue weighted by Gasteiger charge is -2.15. The maximum absolute atomic E-state index is 14.7. The van der Waals surface area contributed by atoms with Crippen LogP contribution in [-0.2, 0) is 9.59 Å². The molecule has 1 heterocycles. The number of thiazole rings is 1. The molecule has 4 aromatic carbocycles. The van der Waals surface area contributed by atoms with Crippen molar-refractivity contribution in [3.63, 3.8) is 0 Å². The Morgan fingerprint density at radius 2 is 1.70 bits per heavy atom. The van der Waals surface area contributed by atoms with Gasteiger partial charge in [-0.05, 0) is 61.9 Å². The van der Waals surface area contributed by atoms with Gasteiger partial charge in [0.2, 0.25) is 5.91 Å². The van der Waals surface area contributed by atoms with Crippen LogP contribution in [0.3, 0.4) is 0 Å². The summed E-state index contributed by atoms with van der Waals surface area (Å²) in [6.07, 6.45) is 1.75. The number of aryl methyl sites for hydroxylation is 1. The van der Waals surface area contributed by atoms with Crippen molar-refractivity contribution in [2.24, 2.45) is 0 Å². The van der Waals surface area contributed by atoms with E-state index < -0.39 is 22.9 Å². The van der Waals surface area contributed by atoms with Gasteiger partial charge in [0, 0.05) is 32.7 Å². The Morgan fingerprint density at radius 3 is 2.43 bits per heavy atom. The Balaban J connectivity index is 1.29. The van der Waals surface area contributed by atoms with E-state index in [4.69, 9.17) is 11.6 Å². The van der Waals surface area contributed by atoms with Crippen molar-refractivity contribution >= 4 is 69.3 Å². The fraction of sp³-hybridized carbons (Fsp3) is 0.111. The van der Waals surface area contributed by atoms with Gasteiger partial charge >= 0.3 is 0 Å². The maximum atomic E-state index is 14.7. The number of thioether (sulfide) groups is 1. The van der Waals surface area contributed by atoms with Crippen molar-refractivity contribution in [3.05, 3.63) is 136 Å². The van der Waals surface area contributed by atoms with Gasteiger partial charge in [-0.2, -0.15) is 0 Å². The third-order valence-corrected chi connectivity index (χ3v) is 9.38. The number of rotatable bonds is 11. The van der Waals surface area contributed by atoms with Gasteiger partial charge in [0.05, 0.1) is 16.0 Å². The van der Waals surface area contributed by atoms with Crippen LogP contribution in [0.15, 0.2) is 113 Å². The van der Waals surface area contributed by atoms with Crippen LogP contribution in [0, 0.1) is 12.7 Å². The average Bonchev–Trinajstić information content (AvgIpc) is 3.53. The summed E-state index contributed by atoms with van der Waals surface area (Å²) in [4.78, 5) is 45.0. The second-order valence-electron chi connectivity index (χ2n) is 10.4. The number of carbonyl (C=O) groups excluding carboxylic acids is 3. The molecule has 7 nitrogen and oxygen atoms in total. The molecular weight excluding hydrogens is 655 g/mol. The Morgan fingerprint density at radius 1 is 0.957 bits per heavy atom. The first kappa shape index (κ1) is 33.6. The number of benzene rings is 4. The molecular formula is C36H30ClFN4O3S2. The van der Waals surface area contributed by atoms with Gasteiger partial charge in [0.25, 0.3) is 11.8 Å². The zero-order chi connectivity index (χ0) is 33.3. The predicted molar refractivity (Wildman–Crippen MR) is 189 cm³/mol. The SMILES string of the molecule is CCC(Sc1cccc(NC(=O)/C(=C\c2c(F)cccc2Cl)NC(=O)c2ccccc2)c1)C(=O)Nc1nc(-c2ccc(C)cc2)cs1. The van der Waals surface area contributed by atoms with Gasteiger partial charge in [-0.15, -0.1) is 23.1 Å². The van der Waals surface area contributed by atoms with E-state index in [1.165, 1.54) is 47.4 Å². The zero-order valence-electron chi connectivity index (χ0n) is 25.4. The van der Waals surface area contributed by atoms with Gasteiger partial charge in [-0.3, -0.25) is 14.4 Å². The lowest BCUT2D eigenvalue weighted by Crippen LogP contribution is -2.30. The first-order valence-electron chi connectivity index (χ1n) is 14.6. The molecule has 1 aromatic heterocycles. The van der Waals surface area contributed by atoms with E-state index in [1.807, 2.05) is 49.6 Å². The van der Waals surface area contributed by atoms with E-state index >= 15 is 0 Å². The molecule has 0 radical (unpaired) electrons. The number of carbonyl (C=O) groups is 3. The van der Waals surface area contributed by atoms with Crippen LogP contribution in [-0.4, -0.2) is 28.0 Å². The lowest BCUT2D eigenvalue weighted by atomic mass is 10.1. The third kappa shape index (κ3) is 8.94. The van der Waals surface area contributed by atoms with Crippen LogP contribution in [0.2, 0.25) is 5.02 Å². The van der Waals surface area contributed by atoms with Crippen LogP contribution >= 0.6 is 34.7 Å². The molecule has 5 rings (SSSR count). The smallest absolute Gasteiger partial charge is 0.272 e. The first-order valence-corrected chi connectivity index (χ1v) is 16.8. The van der Waals surface area contributed by atoms with Gasteiger partial charge in [-0.25, -0.2) is 9.37 Å². The van der Waals surface area contributed by atoms with E-state index in [-0.39, 0.29) is 22.2 Å². The number of aromatic nitrogens is 1. The largest absolute Gasteiger partial charge is 0.321 e. The quantitative estimate of drug-likeness (QED) is 0.0954. The Bertz CT molecular complexity index is 1910. The summed E-state index contributed by atoms with van der Waals surface area (Å²) in [7, 11) is 0. The fourth-order valence-corrected chi connectivity index (χ4v) is 6.39. The highest BCUT2D eigenvalue weighted by Gasteiger charge is 2.21. The molecule has 47 heavy (non-hydrogen) atoms. The molecule has 0 aliphatic carbocycles. The highest BCUT2D eigenvalue weighted by molar-refractivity contribution is 8.00. The molecule has 0 fully saturated rings. The maximum Gasteiger partial charge on any atom is 0.272 e. The molecule has 5 aromatic rings. The third-order valence-electron chi connectivity index (χ3n) is 6.93. The van der Waals surface area contributed by atoms with E-state index in [2.05, 4.69) is 20.9 Å². The average molecular weight is 685 g/mol. The van der Waals surface area contributed by atoms with E-state index in [0.29, 0.717) is 22.8 Å². The summed E-state index contributed by atoms with van der Waals surface area (Å²) >= 11 is 8.93. The van der Waals surface area contributed by atoms with Crippen LogP contribution in [0.25, 0.3) is 17.3 Å². The van der Waals surface area contributed by atoms with Crippen molar-refractivity contribution in [2.75, 3.05) is 10.6 Å². The van der Waals surface area contributed by atoms with Crippen LogP contribution in [0.5, 0.6) is 0 Å². The lowest BCUT2D eigenvalue weighted by molar-refractivity contribution is -0.116. The van der Waals surface area contributed by atoms with E-state index in [0.717, 1.165) is 21.7 Å². The molecule has 0 aliphatic heterocycles. The van der Waals surface area contributed by atoms with Crippen molar-refractivity contribution in [1.82, 2.24) is 10.3 Å². The first-order chi connectivity index (χ1) is 22.7. The minimum atomic E-state index is -0.686. The Labute approximate surface area is 285 Å². The van der Waals surface area contributed by atoms with Crippen LogP contribution in [0.4, 0.5) is 15.2 Å². The van der Waals surface area contributed by atoms with Crippen LogP contribution in [0.1, 0.15) is 34.8 Å². The highest BCUT2D eigenvalue weighted by Crippen LogP contribution is 2.30. The standard InChI is InChI=1S/C36H30ClFN4O3S2/c1-3-32(35(45)42-36-41-31(21-46-36)23-17-15-22(2)16-18-23)47-26-12-7-11-25(19-26)39-34(44)30(20-27-28(37)13-8-14-29(27)38)40-33(43)24-9-5-4-6-10-24/h4-21,32H,3H2,1-2H3,(H,39,44)(H,40,43)(H,41,42,45)/b30-20+. The number of hydrogen-bond donors (Lipinski definition) is 3. The summed E-state index contributed by atoms with van der Waals surface area (Å²) in [6.45, 7) is 3.94. The molecule has 11 heteroatoms. The highest BCUT2D eigenvalue weighted by atomic mass is 35.5. The van der Waals surface area contributed by atoms with Gasteiger partial charge in [0.15, 0.2) is 5.13 Å². The monoisotopic (exact) mass is 684 g/mol. The van der Waals surface area contributed by atoms with Gasteiger partial charge in [-0.1, -0.05) is 78.7 Å². The molecule has 1 atom stereocenters. The second kappa shape index (κ2) is 15.7. The molecule has 0 spiro atoms. The molecule has 1 unspecified atom stereocenters. The summed E-state index contributed by atoms with van der Waals surface area (Å²) in [5.74, 6) is -2.07. The molecule has 3 amide bonds. The zero-order valence-corrected chi connectivity index (χ0v) is 27.8. The van der Waals surface area contributed by atoms with E-state index in [1.54, 1.807) is 48.5 Å². The number of halogens is 2. The summed E-state index contributed by atoms with van der Waals surface area (Å²) in [5.41, 5.74) is 3.41. The van der Waals surface area contributed by atoms with Gasteiger partial charge in [0.1, 0.15) is 11.5 Å². The molecule has 3 N–H and O–H groups in total. The molecule has 0 saturated carbocycles. The Kier molecular flexibility index (Phi) is 11.2. The summed E-state index contributed by atoms with van der Waals surface area (Å²) < 4.78 is 14.7. The minimum absolute atomic E-state index is 0.0417. The molecule has 0 saturated heterocycles. The van der Waals surface area contributed by atoms with Crippen molar-refractivity contribution < 1.29 is 18.8 Å². The number of nitrogens with one attached hydrogen (secondary N) is 3. The molecule has 238 valence electrons. The minimum Gasteiger partial charge on any atom is -0.321 e. The summed E-state index contributed by atoms with van der Waals surface area (Å²) in [6, 6.07) is 27.5. The molecule has 0 aliphatic rings. The second-order valence-corrected chi connectivity index (χ2v) is 12.9. The Hall–Kier alpha value is -4.77. The van der Waals surface area contributed by atoms with E-state index in [9.17, 15) is 18.8 Å². The summed E-state index contributed by atoms with van der Waals surface area (Å²) in [5, 5.41) is 10.4.